The lowest BCUT2D eigenvalue weighted by molar-refractivity contribution is -0.127. The molecule has 0 N–H and O–H groups in total. The maximum absolute atomic E-state index is 12.3. The Kier molecular flexibility index (Phi) is 6.47. The van der Waals surface area contributed by atoms with Crippen molar-refractivity contribution in [1.29, 1.82) is 0 Å². The van der Waals surface area contributed by atoms with E-state index in [9.17, 15) is 4.79 Å². The summed E-state index contributed by atoms with van der Waals surface area (Å²) in [6.45, 7) is 10.4. The van der Waals surface area contributed by atoms with Gasteiger partial charge in [0.1, 0.15) is 0 Å². The van der Waals surface area contributed by atoms with Crippen LogP contribution in [0, 0.1) is 11.8 Å². The van der Waals surface area contributed by atoms with Crippen LogP contribution < -0.4 is 9.47 Å². The normalized spacial score (nSPS) is 13.6. The molecule has 24 heavy (non-hydrogen) atoms. The zero-order valence-electron chi connectivity index (χ0n) is 15.0. The number of rotatable bonds is 7. The third-order valence-corrected chi connectivity index (χ3v) is 3.52. The van der Waals surface area contributed by atoms with Crippen LogP contribution in [0.3, 0.4) is 0 Å². The van der Waals surface area contributed by atoms with Crippen LogP contribution in [0.15, 0.2) is 36.4 Å². The highest BCUT2D eigenvalue weighted by molar-refractivity contribution is 5.88. The van der Waals surface area contributed by atoms with Crippen molar-refractivity contribution < 1.29 is 14.3 Å². The fourth-order valence-corrected chi connectivity index (χ4v) is 2.56. The molecular weight excluding hydrogens is 302 g/mol. The van der Waals surface area contributed by atoms with Gasteiger partial charge in [0.2, 0.25) is 12.7 Å². The quantitative estimate of drug-likeness (QED) is 0.558. The predicted octanol–water partition coefficient (Wildman–Crippen LogP) is 4.13. The lowest BCUT2D eigenvalue weighted by atomic mass is 10.1. The number of hydrogen-bond acceptors (Lipinski definition) is 3. The molecule has 2 rings (SSSR count). The number of carbonyl (C=O) groups excluding carboxylic acids is 1. The number of amides is 1. The van der Waals surface area contributed by atoms with E-state index < -0.39 is 0 Å². The van der Waals surface area contributed by atoms with Gasteiger partial charge in [-0.15, -0.1) is 0 Å². The van der Waals surface area contributed by atoms with E-state index in [0.29, 0.717) is 11.8 Å². The van der Waals surface area contributed by atoms with Gasteiger partial charge in [-0.2, -0.15) is 0 Å². The molecule has 1 amide bonds. The summed E-state index contributed by atoms with van der Waals surface area (Å²) in [6, 6.07) is 5.78. The van der Waals surface area contributed by atoms with Crippen LogP contribution in [-0.2, 0) is 4.79 Å². The van der Waals surface area contributed by atoms with Gasteiger partial charge >= 0.3 is 0 Å². The van der Waals surface area contributed by atoms with Crippen LogP contribution in [-0.4, -0.2) is 30.7 Å². The van der Waals surface area contributed by atoms with Crippen molar-refractivity contribution in [2.75, 3.05) is 19.9 Å². The molecule has 130 valence electrons. The van der Waals surface area contributed by atoms with Crippen LogP contribution in [0.4, 0.5) is 0 Å². The average Bonchev–Trinajstić information content (AvgIpc) is 2.97. The second kappa shape index (κ2) is 8.57. The number of hydrogen-bond donors (Lipinski definition) is 0. The minimum absolute atomic E-state index is 0.0627. The molecule has 0 aromatic heterocycles. The number of carbonyl (C=O) groups is 1. The summed E-state index contributed by atoms with van der Waals surface area (Å²) >= 11 is 0. The SMILES string of the molecule is CC(C)CN(CC(C)C)C(=O)/C=C/C=C\c1ccc2c(c1)OCO2. The second-order valence-corrected chi connectivity index (χ2v) is 6.86. The smallest absolute Gasteiger partial charge is 0.246 e. The van der Waals surface area contributed by atoms with Crippen LogP contribution >= 0.6 is 0 Å². The number of benzene rings is 1. The Labute approximate surface area is 144 Å². The molecule has 4 heteroatoms. The van der Waals surface area contributed by atoms with Gasteiger partial charge < -0.3 is 14.4 Å². The summed E-state index contributed by atoms with van der Waals surface area (Å²) in [5, 5.41) is 0. The first-order chi connectivity index (χ1) is 11.5. The van der Waals surface area contributed by atoms with Crippen LogP contribution in [0.25, 0.3) is 6.08 Å². The van der Waals surface area contributed by atoms with E-state index >= 15 is 0 Å². The number of fused-ring (bicyclic) bond motifs is 1. The first-order valence-corrected chi connectivity index (χ1v) is 8.49. The summed E-state index contributed by atoms with van der Waals surface area (Å²) in [4.78, 5) is 14.3. The average molecular weight is 329 g/mol. The Bertz CT molecular complexity index is 607. The van der Waals surface area contributed by atoms with Crippen molar-refractivity contribution in [2.45, 2.75) is 27.7 Å². The van der Waals surface area contributed by atoms with E-state index in [2.05, 4.69) is 27.7 Å². The fourth-order valence-electron chi connectivity index (χ4n) is 2.56. The van der Waals surface area contributed by atoms with E-state index in [1.165, 1.54) is 0 Å². The maximum Gasteiger partial charge on any atom is 0.246 e. The standard InChI is InChI=1S/C20H27NO3/c1-15(2)12-21(13-16(3)4)20(22)8-6-5-7-17-9-10-18-19(11-17)24-14-23-18/h5-11,15-16H,12-14H2,1-4H3/b7-5-,8-6+. The first kappa shape index (κ1) is 18.1. The van der Waals surface area contributed by atoms with E-state index in [1.807, 2.05) is 35.3 Å². The maximum atomic E-state index is 12.3. The van der Waals surface area contributed by atoms with Crippen molar-refractivity contribution in [3.63, 3.8) is 0 Å². The van der Waals surface area contributed by atoms with E-state index in [0.717, 1.165) is 30.2 Å². The summed E-state index contributed by atoms with van der Waals surface area (Å²) < 4.78 is 10.6. The minimum Gasteiger partial charge on any atom is -0.454 e. The van der Waals surface area contributed by atoms with Crippen molar-refractivity contribution in [3.8, 4) is 11.5 Å². The Balaban J connectivity index is 1.94. The van der Waals surface area contributed by atoms with Gasteiger partial charge in [0, 0.05) is 19.2 Å². The third kappa shape index (κ3) is 5.44. The second-order valence-electron chi connectivity index (χ2n) is 6.86. The molecule has 1 aliphatic heterocycles. The molecule has 0 spiro atoms. The molecule has 0 bridgehead atoms. The van der Waals surface area contributed by atoms with Crippen LogP contribution in [0.2, 0.25) is 0 Å². The highest BCUT2D eigenvalue weighted by Gasteiger charge is 2.14. The third-order valence-electron chi connectivity index (χ3n) is 3.52. The van der Waals surface area contributed by atoms with Gasteiger partial charge in [0.15, 0.2) is 11.5 Å². The van der Waals surface area contributed by atoms with Crippen LogP contribution in [0.5, 0.6) is 11.5 Å². The van der Waals surface area contributed by atoms with Crippen molar-refractivity contribution in [2.24, 2.45) is 11.8 Å². The fraction of sp³-hybridized carbons (Fsp3) is 0.450. The molecule has 1 heterocycles. The molecule has 0 atom stereocenters. The number of nitrogens with zero attached hydrogens (tertiary/aromatic N) is 1. The van der Waals surface area contributed by atoms with Gasteiger partial charge in [-0.3, -0.25) is 4.79 Å². The van der Waals surface area contributed by atoms with Gasteiger partial charge in [-0.05, 0) is 29.5 Å². The molecule has 1 aliphatic rings. The monoisotopic (exact) mass is 329 g/mol. The molecule has 0 fully saturated rings. The number of allylic oxidation sites excluding steroid dienone is 2. The van der Waals surface area contributed by atoms with Crippen LogP contribution in [0.1, 0.15) is 33.3 Å². The Morgan fingerprint density at radius 2 is 1.75 bits per heavy atom. The Hall–Kier alpha value is -2.23. The summed E-state index contributed by atoms with van der Waals surface area (Å²) in [7, 11) is 0. The lowest BCUT2D eigenvalue weighted by Gasteiger charge is -2.25. The molecule has 0 radical (unpaired) electrons. The molecule has 4 nitrogen and oxygen atoms in total. The van der Waals surface area contributed by atoms with E-state index in [4.69, 9.17) is 9.47 Å². The van der Waals surface area contributed by atoms with Crippen molar-refractivity contribution >= 4 is 12.0 Å². The molecular formula is C20H27NO3. The van der Waals surface area contributed by atoms with Gasteiger partial charge in [-0.25, -0.2) is 0 Å². The summed E-state index contributed by atoms with van der Waals surface area (Å²) in [6.07, 6.45) is 7.24. The molecule has 0 unspecified atom stereocenters. The van der Waals surface area contributed by atoms with Gasteiger partial charge in [0.25, 0.3) is 0 Å². The first-order valence-electron chi connectivity index (χ1n) is 8.49. The predicted molar refractivity (Wildman–Crippen MR) is 97.0 cm³/mol. The molecule has 0 aliphatic carbocycles. The number of ether oxygens (including phenoxy) is 2. The van der Waals surface area contributed by atoms with Gasteiger partial charge in [-0.1, -0.05) is 52.0 Å². The Morgan fingerprint density at radius 1 is 1.08 bits per heavy atom. The lowest BCUT2D eigenvalue weighted by Crippen LogP contribution is -2.35. The zero-order valence-corrected chi connectivity index (χ0v) is 15.0. The zero-order chi connectivity index (χ0) is 17.5. The van der Waals surface area contributed by atoms with Crippen molar-refractivity contribution in [3.05, 3.63) is 42.0 Å². The van der Waals surface area contributed by atoms with Crippen molar-refractivity contribution in [1.82, 2.24) is 4.90 Å². The molecule has 1 aromatic rings. The summed E-state index contributed by atoms with van der Waals surface area (Å²) in [5.41, 5.74) is 1.01. The van der Waals surface area contributed by atoms with E-state index in [1.54, 1.807) is 12.2 Å². The molecule has 0 saturated heterocycles. The summed E-state index contributed by atoms with van der Waals surface area (Å²) in [5.74, 6) is 2.52. The highest BCUT2D eigenvalue weighted by atomic mass is 16.7. The van der Waals surface area contributed by atoms with Gasteiger partial charge in [0.05, 0.1) is 0 Å². The van der Waals surface area contributed by atoms with E-state index in [-0.39, 0.29) is 12.7 Å². The molecule has 0 saturated carbocycles. The largest absolute Gasteiger partial charge is 0.454 e. The highest BCUT2D eigenvalue weighted by Crippen LogP contribution is 2.32. The Morgan fingerprint density at radius 3 is 2.42 bits per heavy atom. The minimum atomic E-state index is 0.0627. The topological polar surface area (TPSA) is 38.8 Å². The molecule has 1 aromatic carbocycles.